The van der Waals surface area contributed by atoms with Crippen molar-refractivity contribution in [3.05, 3.63) is 75.3 Å². The normalized spacial score (nSPS) is 14.6. The van der Waals surface area contributed by atoms with Crippen molar-refractivity contribution in [3.8, 4) is 5.75 Å². The molecule has 150 valence electrons. The largest absolute Gasteiger partial charge is 0.494 e. The summed E-state index contributed by atoms with van der Waals surface area (Å²) in [7, 11) is 0. The molecule has 0 unspecified atom stereocenters. The lowest BCUT2D eigenvalue weighted by Crippen LogP contribution is -2.07. The molecule has 2 aromatic carbocycles. The monoisotopic (exact) mass is 394 g/mol. The van der Waals surface area contributed by atoms with Crippen LogP contribution in [0.15, 0.2) is 59.3 Å². The van der Waals surface area contributed by atoms with Crippen LogP contribution in [-0.4, -0.2) is 23.2 Å². The summed E-state index contributed by atoms with van der Waals surface area (Å²) < 4.78 is 5.72. The Balaban J connectivity index is 1.73. The van der Waals surface area contributed by atoms with Gasteiger partial charge < -0.3 is 9.57 Å². The number of nitrogens with zero attached hydrogens (tertiary/aromatic N) is 2. The van der Waals surface area contributed by atoms with Crippen LogP contribution >= 0.6 is 0 Å². The predicted octanol–water partition coefficient (Wildman–Crippen LogP) is 4.90. The Bertz CT molecular complexity index is 948. The Morgan fingerprint density at radius 1 is 1.14 bits per heavy atom. The molecule has 0 aliphatic carbocycles. The average molecular weight is 394 g/mol. The van der Waals surface area contributed by atoms with Gasteiger partial charge in [-0.05, 0) is 30.2 Å². The van der Waals surface area contributed by atoms with Crippen molar-refractivity contribution in [2.45, 2.75) is 32.6 Å². The van der Waals surface area contributed by atoms with E-state index in [9.17, 15) is 14.9 Å². The topological polar surface area (TPSA) is 91.0 Å². The second kappa shape index (κ2) is 9.64. The van der Waals surface area contributed by atoms with Gasteiger partial charge in [0.05, 0.1) is 17.1 Å². The second-order valence-corrected chi connectivity index (χ2v) is 6.66. The number of nitro benzene ring substituents is 1. The fourth-order valence-corrected chi connectivity index (χ4v) is 2.93. The number of ether oxygens (including phenoxy) is 1. The molecule has 1 aliphatic rings. The molecule has 2 aromatic rings. The molecule has 0 amide bonds. The highest BCUT2D eigenvalue weighted by molar-refractivity contribution is 6.31. The van der Waals surface area contributed by atoms with Crippen LogP contribution in [0.25, 0.3) is 6.08 Å². The quantitative estimate of drug-likeness (QED) is 0.198. The van der Waals surface area contributed by atoms with E-state index in [0.29, 0.717) is 12.2 Å². The molecule has 1 heterocycles. The van der Waals surface area contributed by atoms with E-state index in [2.05, 4.69) is 12.1 Å². The van der Waals surface area contributed by atoms with Gasteiger partial charge in [0.25, 0.3) is 5.69 Å². The molecule has 1 aliphatic heterocycles. The first-order valence-corrected chi connectivity index (χ1v) is 9.57. The summed E-state index contributed by atoms with van der Waals surface area (Å²) in [5, 5.41) is 14.8. The number of rotatable bonds is 9. The maximum Gasteiger partial charge on any atom is 0.368 e. The third-order valence-corrected chi connectivity index (χ3v) is 4.48. The number of hydrogen-bond acceptors (Lipinski definition) is 6. The highest BCUT2D eigenvalue weighted by Gasteiger charge is 2.27. The zero-order chi connectivity index (χ0) is 20.6. The Morgan fingerprint density at radius 2 is 1.93 bits per heavy atom. The van der Waals surface area contributed by atoms with E-state index >= 15 is 0 Å². The molecule has 0 N–H and O–H groups in total. The molecule has 0 saturated carbocycles. The van der Waals surface area contributed by atoms with Gasteiger partial charge in [-0.1, -0.05) is 55.6 Å². The van der Waals surface area contributed by atoms with Crippen molar-refractivity contribution in [3.63, 3.8) is 0 Å². The Hall–Kier alpha value is -3.48. The first kappa shape index (κ1) is 20.3. The first-order valence-electron chi connectivity index (χ1n) is 9.57. The SMILES string of the molecule is CCCCCCOc1ccc(/C=C2/C(=O)ON=C2c2cccc([N+](=O)[O-])c2)cc1. The third kappa shape index (κ3) is 5.28. The molecule has 29 heavy (non-hydrogen) atoms. The summed E-state index contributed by atoms with van der Waals surface area (Å²) in [4.78, 5) is 27.4. The number of benzene rings is 2. The van der Waals surface area contributed by atoms with Crippen molar-refractivity contribution in [2.75, 3.05) is 6.61 Å². The zero-order valence-corrected chi connectivity index (χ0v) is 16.2. The molecule has 0 aromatic heterocycles. The van der Waals surface area contributed by atoms with Crippen LogP contribution in [0, 0.1) is 10.1 Å². The van der Waals surface area contributed by atoms with Gasteiger partial charge >= 0.3 is 5.97 Å². The number of non-ortho nitro benzene ring substituents is 1. The second-order valence-electron chi connectivity index (χ2n) is 6.66. The van der Waals surface area contributed by atoms with Crippen molar-refractivity contribution >= 4 is 23.4 Å². The van der Waals surface area contributed by atoms with Crippen LogP contribution in [0.3, 0.4) is 0 Å². The fraction of sp³-hybridized carbons (Fsp3) is 0.273. The van der Waals surface area contributed by atoms with Crippen LogP contribution < -0.4 is 4.74 Å². The zero-order valence-electron chi connectivity index (χ0n) is 16.2. The summed E-state index contributed by atoms with van der Waals surface area (Å²) in [6, 6.07) is 13.3. The van der Waals surface area contributed by atoms with E-state index in [4.69, 9.17) is 9.57 Å². The van der Waals surface area contributed by atoms with Crippen LogP contribution in [-0.2, 0) is 9.63 Å². The highest BCUT2D eigenvalue weighted by atomic mass is 16.7. The lowest BCUT2D eigenvalue weighted by atomic mass is 10.0. The maximum absolute atomic E-state index is 12.1. The van der Waals surface area contributed by atoms with Gasteiger partial charge in [0.15, 0.2) is 0 Å². The van der Waals surface area contributed by atoms with E-state index in [1.165, 1.54) is 25.0 Å². The van der Waals surface area contributed by atoms with Gasteiger partial charge in [-0.3, -0.25) is 10.1 Å². The lowest BCUT2D eigenvalue weighted by Gasteiger charge is -2.06. The molecule has 0 saturated heterocycles. The minimum atomic E-state index is -0.595. The third-order valence-electron chi connectivity index (χ3n) is 4.48. The summed E-state index contributed by atoms with van der Waals surface area (Å²) in [5.41, 5.74) is 1.66. The molecule has 0 spiro atoms. The number of carbonyl (C=O) groups is 1. The molecule has 0 bridgehead atoms. The molecular formula is C22H22N2O5. The summed E-state index contributed by atoms with van der Waals surface area (Å²) in [6.45, 7) is 2.85. The van der Waals surface area contributed by atoms with E-state index in [-0.39, 0.29) is 17.0 Å². The summed E-state index contributed by atoms with van der Waals surface area (Å²) in [6.07, 6.45) is 6.23. The Kier molecular flexibility index (Phi) is 6.73. The Morgan fingerprint density at radius 3 is 2.66 bits per heavy atom. The van der Waals surface area contributed by atoms with Crippen LogP contribution in [0.1, 0.15) is 43.7 Å². The van der Waals surface area contributed by atoms with Gasteiger partial charge in [0, 0.05) is 17.7 Å². The molecule has 0 atom stereocenters. The minimum Gasteiger partial charge on any atom is -0.494 e. The van der Waals surface area contributed by atoms with E-state index < -0.39 is 10.9 Å². The molecule has 0 fully saturated rings. The first-order chi connectivity index (χ1) is 14.1. The summed E-state index contributed by atoms with van der Waals surface area (Å²) >= 11 is 0. The number of nitro groups is 1. The lowest BCUT2D eigenvalue weighted by molar-refractivity contribution is -0.384. The van der Waals surface area contributed by atoms with E-state index in [1.54, 1.807) is 18.2 Å². The maximum atomic E-state index is 12.1. The van der Waals surface area contributed by atoms with Crippen molar-refractivity contribution < 1.29 is 19.3 Å². The number of oxime groups is 1. The van der Waals surface area contributed by atoms with Gasteiger partial charge in [0.2, 0.25) is 0 Å². The van der Waals surface area contributed by atoms with E-state index in [0.717, 1.165) is 24.2 Å². The highest BCUT2D eigenvalue weighted by Crippen LogP contribution is 2.24. The Labute approximate surface area is 168 Å². The van der Waals surface area contributed by atoms with Gasteiger partial charge in [0.1, 0.15) is 11.5 Å². The van der Waals surface area contributed by atoms with Crippen LogP contribution in [0.5, 0.6) is 5.75 Å². The summed E-state index contributed by atoms with van der Waals surface area (Å²) in [5.74, 6) is 0.174. The minimum absolute atomic E-state index is 0.0793. The van der Waals surface area contributed by atoms with Gasteiger partial charge in [-0.25, -0.2) is 4.79 Å². The van der Waals surface area contributed by atoms with Gasteiger partial charge in [-0.2, -0.15) is 0 Å². The molecule has 7 heteroatoms. The van der Waals surface area contributed by atoms with Crippen LogP contribution in [0.2, 0.25) is 0 Å². The number of carbonyl (C=O) groups excluding carboxylic acids is 1. The standard InChI is InChI=1S/C22H22N2O5/c1-2-3-4-5-13-28-19-11-9-16(10-12-19)14-20-21(23-29-22(20)25)17-7-6-8-18(15-17)24(26)27/h6-12,14-15H,2-5,13H2,1H3/b20-14+. The van der Waals surface area contributed by atoms with E-state index in [1.807, 2.05) is 24.3 Å². The molecule has 7 nitrogen and oxygen atoms in total. The van der Waals surface area contributed by atoms with Crippen molar-refractivity contribution in [1.82, 2.24) is 0 Å². The number of unbranched alkanes of at least 4 members (excludes halogenated alkanes) is 3. The van der Waals surface area contributed by atoms with Crippen molar-refractivity contribution in [1.29, 1.82) is 0 Å². The average Bonchev–Trinajstić information content (AvgIpc) is 3.09. The van der Waals surface area contributed by atoms with Gasteiger partial charge in [-0.15, -0.1) is 0 Å². The van der Waals surface area contributed by atoms with Crippen molar-refractivity contribution in [2.24, 2.45) is 5.16 Å². The fourth-order valence-electron chi connectivity index (χ4n) is 2.93. The van der Waals surface area contributed by atoms with Crippen LogP contribution in [0.4, 0.5) is 5.69 Å². The number of hydrogen-bond donors (Lipinski definition) is 0. The smallest absolute Gasteiger partial charge is 0.368 e. The molecular weight excluding hydrogens is 372 g/mol. The predicted molar refractivity (Wildman–Crippen MR) is 110 cm³/mol. The molecule has 0 radical (unpaired) electrons. The molecule has 3 rings (SSSR count).